The van der Waals surface area contributed by atoms with Gasteiger partial charge in [0, 0.05) is 12.1 Å². The van der Waals surface area contributed by atoms with Gasteiger partial charge in [-0.3, -0.25) is 4.98 Å². The van der Waals surface area contributed by atoms with Crippen LogP contribution >= 0.6 is 0 Å². The zero-order valence-electron chi connectivity index (χ0n) is 13.2. The van der Waals surface area contributed by atoms with Crippen molar-refractivity contribution in [2.75, 3.05) is 0 Å². The molecule has 0 bridgehead atoms. The Balaban J connectivity index is 2.15. The van der Waals surface area contributed by atoms with Gasteiger partial charge in [0.1, 0.15) is 5.82 Å². The highest BCUT2D eigenvalue weighted by Gasteiger charge is 2.16. The van der Waals surface area contributed by atoms with Gasteiger partial charge in [-0.2, -0.15) is 0 Å². The van der Waals surface area contributed by atoms with E-state index in [-0.39, 0.29) is 17.9 Å². The highest BCUT2D eigenvalue weighted by Crippen LogP contribution is 2.23. The normalized spacial score (nSPS) is 14.0. The molecule has 0 spiro atoms. The van der Waals surface area contributed by atoms with Crippen molar-refractivity contribution in [3.63, 3.8) is 0 Å². The van der Waals surface area contributed by atoms with Crippen molar-refractivity contribution in [1.29, 1.82) is 0 Å². The van der Waals surface area contributed by atoms with Gasteiger partial charge < -0.3 is 5.32 Å². The summed E-state index contributed by atoms with van der Waals surface area (Å²) in [5.41, 5.74) is 4.74. The van der Waals surface area contributed by atoms with E-state index in [1.807, 2.05) is 0 Å². The van der Waals surface area contributed by atoms with Crippen molar-refractivity contribution < 1.29 is 4.39 Å². The van der Waals surface area contributed by atoms with Crippen molar-refractivity contribution in [2.45, 2.75) is 46.2 Å². The van der Waals surface area contributed by atoms with Crippen molar-refractivity contribution in [3.8, 4) is 0 Å². The molecule has 1 heterocycles. The molecule has 0 aliphatic rings. The van der Waals surface area contributed by atoms with Crippen LogP contribution in [-0.4, -0.2) is 4.98 Å². The van der Waals surface area contributed by atoms with Crippen molar-refractivity contribution in [1.82, 2.24) is 10.3 Å². The molecule has 2 aromatic rings. The number of benzene rings is 1. The molecular formula is C18H23FN2. The van der Waals surface area contributed by atoms with E-state index < -0.39 is 0 Å². The Morgan fingerprint density at radius 1 is 1.19 bits per heavy atom. The molecule has 2 rings (SSSR count). The second-order valence-electron chi connectivity index (χ2n) is 5.61. The average Bonchev–Trinajstić information content (AvgIpc) is 2.45. The maximum absolute atomic E-state index is 13.0. The molecule has 1 aromatic carbocycles. The minimum Gasteiger partial charge on any atom is -0.302 e. The zero-order valence-corrected chi connectivity index (χ0v) is 13.2. The van der Waals surface area contributed by atoms with E-state index in [1.165, 1.54) is 29.0 Å². The van der Waals surface area contributed by atoms with Gasteiger partial charge in [-0.25, -0.2) is 4.39 Å². The number of nitrogens with one attached hydrogen (secondary N) is 1. The van der Waals surface area contributed by atoms with Gasteiger partial charge in [0.2, 0.25) is 0 Å². The van der Waals surface area contributed by atoms with E-state index in [1.54, 1.807) is 6.07 Å². The maximum Gasteiger partial charge on any atom is 0.141 e. The minimum absolute atomic E-state index is 0.126. The number of halogens is 1. The average molecular weight is 286 g/mol. The maximum atomic E-state index is 13.0. The van der Waals surface area contributed by atoms with Crippen LogP contribution in [0.15, 0.2) is 36.5 Å². The molecule has 112 valence electrons. The first-order chi connectivity index (χ1) is 10.0. The van der Waals surface area contributed by atoms with Gasteiger partial charge in [0.25, 0.3) is 0 Å². The predicted molar refractivity (Wildman–Crippen MR) is 84.7 cm³/mol. The lowest BCUT2D eigenvalue weighted by Crippen LogP contribution is -2.25. The van der Waals surface area contributed by atoms with Gasteiger partial charge in [-0.05, 0) is 50.5 Å². The molecule has 2 atom stereocenters. The van der Waals surface area contributed by atoms with E-state index in [0.29, 0.717) is 0 Å². The SMILES string of the molecule is CCC(NC(C)c1ccc(C)cc1C)c1ccc(F)cn1. The Hall–Kier alpha value is -1.74. The second-order valence-corrected chi connectivity index (χ2v) is 5.61. The number of aryl methyl sites for hydroxylation is 2. The van der Waals surface area contributed by atoms with Gasteiger partial charge in [-0.1, -0.05) is 30.7 Å². The van der Waals surface area contributed by atoms with Crippen LogP contribution in [-0.2, 0) is 0 Å². The second kappa shape index (κ2) is 6.81. The Bertz CT molecular complexity index is 593. The summed E-state index contributed by atoms with van der Waals surface area (Å²) in [5, 5.41) is 3.59. The lowest BCUT2D eigenvalue weighted by atomic mass is 9.99. The molecule has 0 fully saturated rings. The van der Waals surface area contributed by atoms with Crippen molar-refractivity contribution in [3.05, 3.63) is 64.7 Å². The number of aromatic nitrogens is 1. The summed E-state index contributed by atoms with van der Waals surface area (Å²) in [7, 11) is 0. The lowest BCUT2D eigenvalue weighted by molar-refractivity contribution is 0.446. The molecule has 0 aliphatic heterocycles. The molecule has 1 N–H and O–H groups in total. The third-order valence-corrected chi connectivity index (χ3v) is 3.86. The van der Waals surface area contributed by atoms with Crippen LogP contribution in [0.25, 0.3) is 0 Å². The third-order valence-electron chi connectivity index (χ3n) is 3.86. The molecule has 0 aliphatic carbocycles. The summed E-state index contributed by atoms with van der Waals surface area (Å²) in [6, 6.07) is 10.1. The van der Waals surface area contributed by atoms with Crippen LogP contribution in [0.3, 0.4) is 0 Å². The number of nitrogens with zero attached hydrogens (tertiary/aromatic N) is 1. The number of hydrogen-bond donors (Lipinski definition) is 1. The fraction of sp³-hybridized carbons (Fsp3) is 0.389. The molecule has 2 unspecified atom stereocenters. The van der Waals surface area contributed by atoms with Crippen LogP contribution < -0.4 is 5.32 Å². The number of rotatable bonds is 5. The lowest BCUT2D eigenvalue weighted by Gasteiger charge is -2.23. The first-order valence-corrected chi connectivity index (χ1v) is 7.46. The monoisotopic (exact) mass is 286 g/mol. The minimum atomic E-state index is -0.295. The smallest absolute Gasteiger partial charge is 0.141 e. The summed E-state index contributed by atoms with van der Waals surface area (Å²) >= 11 is 0. The molecule has 0 radical (unpaired) electrons. The van der Waals surface area contributed by atoms with Gasteiger partial charge >= 0.3 is 0 Å². The molecule has 3 heteroatoms. The van der Waals surface area contributed by atoms with Crippen LogP contribution in [0.4, 0.5) is 4.39 Å². The molecule has 0 saturated carbocycles. The van der Waals surface area contributed by atoms with Crippen molar-refractivity contribution in [2.24, 2.45) is 0 Å². The largest absolute Gasteiger partial charge is 0.302 e. The summed E-state index contributed by atoms with van der Waals surface area (Å²) in [5.74, 6) is -0.295. The third kappa shape index (κ3) is 3.88. The van der Waals surface area contributed by atoms with E-state index in [2.05, 4.69) is 56.2 Å². The number of hydrogen-bond acceptors (Lipinski definition) is 2. The Morgan fingerprint density at radius 2 is 1.95 bits per heavy atom. The van der Waals surface area contributed by atoms with E-state index >= 15 is 0 Å². The van der Waals surface area contributed by atoms with Gasteiger partial charge in [0.05, 0.1) is 11.9 Å². The molecule has 0 amide bonds. The number of pyridine rings is 1. The van der Waals surface area contributed by atoms with Crippen molar-refractivity contribution >= 4 is 0 Å². The summed E-state index contributed by atoms with van der Waals surface area (Å²) in [4.78, 5) is 4.20. The highest BCUT2D eigenvalue weighted by molar-refractivity contribution is 5.32. The summed E-state index contributed by atoms with van der Waals surface area (Å²) < 4.78 is 13.0. The van der Waals surface area contributed by atoms with Crippen LogP contribution in [0.1, 0.15) is 54.7 Å². The molecule has 0 saturated heterocycles. The Morgan fingerprint density at radius 3 is 2.52 bits per heavy atom. The molecular weight excluding hydrogens is 263 g/mol. The van der Waals surface area contributed by atoms with Crippen LogP contribution in [0.2, 0.25) is 0 Å². The van der Waals surface area contributed by atoms with Crippen LogP contribution in [0, 0.1) is 19.7 Å². The van der Waals surface area contributed by atoms with Gasteiger partial charge in [0.15, 0.2) is 0 Å². The molecule has 2 nitrogen and oxygen atoms in total. The zero-order chi connectivity index (χ0) is 15.4. The Labute approximate surface area is 126 Å². The van der Waals surface area contributed by atoms with E-state index in [0.717, 1.165) is 12.1 Å². The summed E-state index contributed by atoms with van der Waals surface area (Å²) in [6.07, 6.45) is 2.19. The first kappa shape index (κ1) is 15.6. The highest BCUT2D eigenvalue weighted by atomic mass is 19.1. The van der Waals surface area contributed by atoms with Gasteiger partial charge in [-0.15, -0.1) is 0 Å². The molecule has 21 heavy (non-hydrogen) atoms. The molecule has 1 aromatic heterocycles. The van der Waals surface area contributed by atoms with Crippen LogP contribution in [0.5, 0.6) is 0 Å². The fourth-order valence-corrected chi connectivity index (χ4v) is 2.71. The Kier molecular flexibility index (Phi) is 5.07. The van der Waals surface area contributed by atoms with E-state index in [9.17, 15) is 4.39 Å². The fourth-order valence-electron chi connectivity index (χ4n) is 2.71. The first-order valence-electron chi connectivity index (χ1n) is 7.46. The predicted octanol–water partition coefficient (Wildman–Crippen LogP) is 4.64. The standard InChI is InChI=1S/C18H23FN2/c1-5-17(18-9-7-15(19)11-20-18)21-14(4)16-8-6-12(2)10-13(16)3/h6-11,14,17,21H,5H2,1-4H3. The quantitative estimate of drug-likeness (QED) is 0.866. The van der Waals surface area contributed by atoms with E-state index in [4.69, 9.17) is 0 Å². The topological polar surface area (TPSA) is 24.9 Å². The summed E-state index contributed by atoms with van der Waals surface area (Å²) in [6.45, 7) is 8.50.